The zero-order valence-corrected chi connectivity index (χ0v) is 17.3. The van der Waals surface area contributed by atoms with Gasteiger partial charge in [0, 0.05) is 21.9 Å². The molecule has 0 radical (unpaired) electrons. The average molecular weight is 444 g/mol. The molecule has 4 nitrogen and oxygen atoms in total. The Morgan fingerprint density at radius 1 is 1.20 bits per heavy atom. The van der Waals surface area contributed by atoms with E-state index in [1.165, 1.54) is 22.3 Å². The number of hydroxylamine groups is 1. The van der Waals surface area contributed by atoms with Gasteiger partial charge < -0.3 is 0 Å². The summed E-state index contributed by atoms with van der Waals surface area (Å²) < 4.78 is 12.6. The molecule has 1 heterocycles. The first kappa shape index (κ1) is 20.3. The summed E-state index contributed by atoms with van der Waals surface area (Å²) in [5, 5.41) is 8.05. The van der Waals surface area contributed by atoms with Crippen LogP contribution in [0.4, 0.5) is 0 Å². The first-order valence-electron chi connectivity index (χ1n) is 8.12. The molecule has 0 aliphatic heterocycles. The molecule has 0 spiro atoms. The molecule has 25 heavy (non-hydrogen) atoms. The maximum absolute atomic E-state index is 11.5. The van der Waals surface area contributed by atoms with E-state index in [1.54, 1.807) is 16.8 Å². The number of hydrogen-bond donors (Lipinski definition) is 2. The summed E-state index contributed by atoms with van der Waals surface area (Å²) in [6, 6.07) is 12.8. The molecule has 0 saturated heterocycles. The normalized spacial score (nSPS) is 13.4. The highest BCUT2D eigenvalue weighted by Crippen LogP contribution is 2.31. The molecule has 0 saturated carbocycles. The summed E-state index contributed by atoms with van der Waals surface area (Å²) in [5.41, 5.74) is 4.12. The van der Waals surface area contributed by atoms with Crippen LogP contribution in [0.15, 0.2) is 40.2 Å². The monoisotopic (exact) mass is 443 g/mol. The largest absolute Gasteiger partial charge is 0.289 e. The molecule has 0 fully saturated rings. The van der Waals surface area contributed by atoms with E-state index < -0.39 is 22.0 Å². The summed E-state index contributed by atoms with van der Waals surface area (Å²) in [5.74, 6) is -0.559. The lowest BCUT2D eigenvalue weighted by molar-refractivity contribution is -0.128. The van der Waals surface area contributed by atoms with Crippen LogP contribution >= 0.6 is 27.3 Å². The van der Waals surface area contributed by atoms with Crippen LogP contribution in [0.25, 0.3) is 10.4 Å². The number of benzene rings is 1. The molecule has 0 bridgehead atoms. The molecule has 0 aliphatic carbocycles. The van der Waals surface area contributed by atoms with Crippen LogP contribution in [0.1, 0.15) is 31.2 Å². The average Bonchev–Trinajstić information content (AvgIpc) is 3.04. The number of aryl methyl sites for hydroxylation is 1. The molecule has 0 aliphatic rings. The minimum absolute atomic E-state index is 0.529. The van der Waals surface area contributed by atoms with Gasteiger partial charge in [-0.1, -0.05) is 37.1 Å². The van der Waals surface area contributed by atoms with Crippen LogP contribution in [0.2, 0.25) is 0 Å². The van der Waals surface area contributed by atoms with Crippen LogP contribution in [-0.4, -0.2) is 26.8 Å². The van der Waals surface area contributed by atoms with E-state index in [4.69, 9.17) is 5.21 Å². The van der Waals surface area contributed by atoms with Crippen molar-refractivity contribution in [3.8, 4) is 10.4 Å². The van der Waals surface area contributed by atoms with Gasteiger partial charge in [-0.15, -0.1) is 11.3 Å². The number of carbonyl (C=O) groups is 1. The fourth-order valence-electron chi connectivity index (χ4n) is 2.66. The van der Waals surface area contributed by atoms with Crippen molar-refractivity contribution in [2.75, 3.05) is 6.26 Å². The first-order valence-corrected chi connectivity index (χ1v) is 11.3. The number of hydrogen-bond acceptors (Lipinski definition) is 4. The lowest BCUT2D eigenvalue weighted by atomic mass is 10.0. The van der Waals surface area contributed by atoms with Crippen molar-refractivity contribution in [2.24, 2.45) is 0 Å². The maximum Gasteiger partial charge on any atom is 0.259 e. The lowest BCUT2D eigenvalue weighted by Crippen LogP contribution is -2.35. The topological polar surface area (TPSA) is 66.4 Å². The Kier molecular flexibility index (Phi) is 8.29. The SMILES string of the molecule is CS(=O)C(CCCCCc1ccc(-c2ccc(Br)s2)cc1)C(=O)NO. The van der Waals surface area contributed by atoms with Crippen molar-refractivity contribution >= 4 is 44.0 Å². The van der Waals surface area contributed by atoms with Gasteiger partial charge in [-0.3, -0.25) is 14.2 Å². The van der Waals surface area contributed by atoms with E-state index in [2.05, 4.69) is 52.3 Å². The molecule has 7 heteroatoms. The Morgan fingerprint density at radius 2 is 1.92 bits per heavy atom. The summed E-state index contributed by atoms with van der Waals surface area (Å²) in [7, 11) is -1.27. The Hall–Kier alpha value is -1.02. The standard InChI is InChI=1S/C18H22BrNO3S2/c1-25(23)16(18(21)20-22)6-4-2-3-5-13-7-9-14(10-8-13)15-11-12-17(19)24-15/h7-12,16,22H,2-6H2,1H3,(H,20,21). The van der Waals surface area contributed by atoms with Gasteiger partial charge in [0.2, 0.25) is 0 Å². The van der Waals surface area contributed by atoms with Crippen molar-refractivity contribution in [2.45, 2.75) is 37.4 Å². The van der Waals surface area contributed by atoms with E-state index in [1.807, 2.05) is 0 Å². The number of nitrogens with one attached hydrogen (secondary N) is 1. The third-order valence-electron chi connectivity index (χ3n) is 4.05. The third-order valence-corrected chi connectivity index (χ3v) is 6.97. The van der Waals surface area contributed by atoms with Gasteiger partial charge in [0.05, 0.1) is 3.79 Å². The molecule has 2 unspecified atom stereocenters. The highest BCUT2D eigenvalue weighted by molar-refractivity contribution is 9.11. The van der Waals surface area contributed by atoms with Gasteiger partial charge in [0.1, 0.15) is 5.25 Å². The van der Waals surface area contributed by atoms with Gasteiger partial charge in [0.25, 0.3) is 5.91 Å². The number of rotatable bonds is 9. The maximum atomic E-state index is 11.5. The van der Waals surface area contributed by atoms with Gasteiger partial charge in [-0.25, -0.2) is 5.48 Å². The Labute approximate surface area is 163 Å². The molecular weight excluding hydrogens is 422 g/mol. The third kappa shape index (κ3) is 6.33. The highest BCUT2D eigenvalue weighted by Gasteiger charge is 2.21. The predicted molar refractivity (Wildman–Crippen MR) is 107 cm³/mol. The van der Waals surface area contributed by atoms with Gasteiger partial charge in [0.15, 0.2) is 0 Å². The zero-order chi connectivity index (χ0) is 18.2. The summed E-state index contributed by atoms with van der Waals surface area (Å²) in [6.07, 6.45) is 5.81. The molecule has 1 aromatic heterocycles. The number of unbranched alkanes of at least 4 members (excludes halogenated alkanes) is 2. The van der Waals surface area contributed by atoms with Crippen LogP contribution in [0, 0.1) is 0 Å². The molecular formula is C18H22BrNO3S2. The molecule has 2 aromatic rings. The molecule has 2 N–H and O–H groups in total. The Morgan fingerprint density at radius 3 is 2.48 bits per heavy atom. The minimum Gasteiger partial charge on any atom is -0.289 e. The number of thiophene rings is 1. The Bertz CT molecular complexity index is 715. The van der Waals surface area contributed by atoms with Crippen LogP contribution in [-0.2, 0) is 22.0 Å². The summed E-state index contributed by atoms with van der Waals surface area (Å²) in [6.45, 7) is 0. The molecule has 136 valence electrons. The van der Waals surface area contributed by atoms with Gasteiger partial charge in [-0.2, -0.15) is 0 Å². The van der Waals surface area contributed by atoms with Crippen LogP contribution < -0.4 is 5.48 Å². The van der Waals surface area contributed by atoms with Crippen molar-refractivity contribution in [1.82, 2.24) is 5.48 Å². The second kappa shape index (κ2) is 10.2. The zero-order valence-electron chi connectivity index (χ0n) is 14.0. The second-order valence-corrected chi connectivity index (χ2v) is 9.89. The van der Waals surface area contributed by atoms with Crippen molar-refractivity contribution < 1.29 is 14.2 Å². The summed E-state index contributed by atoms with van der Waals surface area (Å²) >= 11 is 5.21. The molecule has 1 amide bonds. The summed E-state index contributed by atoms with van der Waals surface area (Å²) in [4.78, 5) is 12.7. The molecule has 2 rings (SSSR count). The van der Waals surface area contributed by atoms with E-state index in [-0.39, 0.29) is 0 Å². The number of halogens is 1. The predicted octanol–water partition coefficient (Wildman–Crippen LogP) is 4.53. The minimum atomic E-state index is -1.27. The van der Waals surface area contributed by atoms with E-state index in [9.17, 15) is 9.00 Å². The first-order chi connectivity index (χ1) is 12.0. The van der Waals surface area contributed by atoms with E-state index in [0.717, 1.165) is 29.5 Å². The van der Waals surface area contributed by atoms with Crippen molar-refractivity contribution in [1.29, 1.82) is 0 Å². The number of carbonyl (C=O) groups excluding carboxylic acids is 1. The van der Waals surface area contributed by atoms with Crippen molar-refractivity contribution in [3.63, 3.8) is 0 Å². The van der Waals surface area contributed by atoms with Gasteiger partial charge in [-0.05, 0) is 58.5 Å². The van der Waals surface area contributed by atoms with Gasteiger partial charge >= 0.3 is 0 Å². The fourth-order valence-corrected chi connectivity index (χ4v) is 4.90. The van der Waals surface area contributed by atoms with Crippen LogP contribution in [0.5, 0.6) is 0 Å². The van der Waals surface area contributed by atoms with E-state index >= 15 is 0 Å². The smallest absolute Gasteiger partial charge is 0.259 e. The quantitative estimate of drug-likeness (QED) is 0.339. The highest BCUT2D eigenvalue weighted by atomic mass is 79.9. The number of amides is 1. The van der Waals surface area contributed by atoms with Crippen LogP contribution in [0.3, 0.4) is 0 Å². The second-order valence-electron chi connectivity index (χ2n) is 5.86. The Balaban J connectivity index is 1.75. The van der Waals surface area contributed by atoms with E-state index in [0.29, 0.717) is 6.42 Å². The fraction of sp³-hybridized carbons (Fsp3) is 0.389. The van der Waals surface area contributed by atoms with Crippen molar-refractivity contribution in [3.05, 3.63) is 45.7 Å². The lowest BCUT2D eigenvalue weighted by Gasteiger charge is -2.11. The molecule has 1 aromatic carbocycles. The molecule has 2 atom stereocenters.